The average Bonchev–Trinajstić information content (AvgIpc) is 3.18. The van der Waals surface area contributed by atoms with E-state index in [1.807, 2.05) is 24.3 Å². The summed E-state index contributed by atoms with van der Waals surface area (Å²) in [5.41, 5.74) is 1.75. The third kappa shape index (κ3) is 4.91. The highest BCUT2D eigenvalue weighted by Crippen LogP contribution is 2.55. The first kappa shape index (κ1) is 22.7. The van der Waals surface area contributed by atoms with Gasteiger partial charge >= 0.3 is 12.0 Å². The van der Waals surface area contributed by atoms with Crippen molar-refractivity contribution in [2.45, 2.75) is 69.4 Å². The predicted molar refractivity (Wildman–Crippen MR) is 128 cm³/mol. The van der Waals surface area contributed by atoms with Crippen LogP contribution in [0, 0.1) is 17.8 Å². The molecule has 2 aromatic rings. The number of fused-ring (bicyclic) bond motifs is 1. The van der Waals surface area contributed by atoms with E-state index in [1.165, 1.54) is 19.3 Å². The van der Waals surface area contributed by atoms with Gasteiger partial charge in [0.15, 0.2) is 0 Å². The van der Waals surface area contributed by atoms with Crippen LogP contribution in [-0.4, -0.2) is 46.1 Å². The molecular formula is C26H34N4O4. The van der Waals surface area contributed by atoms with Gasteiger partial charge in [-0.2, -0.15) is 0 Å². The normalized spacial score (nSPS) is 27.9. The van der Waals surface area contributed by atoms with Crippen LogP contribution < -0.4 is 16.0 Å². The Bertz CT molecular complexity index is 1040. The van der Waals surface area contributed by atoms with Crippen LogP contribution in [0.3, 0.4) is 0 Å². The van der Waals surface area contributed by atoms with E-state index in [9.17, 15) is 19.5 Å². The van der Waals surface area contributed by atoms with Gasteiger partial charge < -0.3 is 26.0 Å². The first-order chi connectivity index (χ1) is 16.4. The number of para-hydroxylation sites is 1. The fourth-order valence-corrected chi connectivity index (χ4v) is 6.99. The first-order valence-electron chi connectivity index (χ1n) is 12.5. The van der Waals surface area contributed by atoms with Gasteiger partial charge in [0.2, 0.25) is 5.91 Å². The van der Waals surface area contributed by atoms with E-state index in [4.69, 9.17) is 0 Å². The van der Waals surface area contributed by atoms with Crippen molar-refractivity contribution in [2.75, 3.05) is 6.54 Å². The van der Waals surface area contributed by atoms with Crippen LogP contribution in [0.15, 0.2) is 30.5 Å². The van der Waals surface area contributed by atoms with Gasteiger partial charge in [-0.05, 0) is 74.3 Å². The minimum absolute atomic E-state index is 0.0344. The maximum absolute atomic E-state index is 12.5. The second-order valence-corrected chi connectivity index (χ2v) is 10.7. The summed E-state index contributed by atoms with van der Waals surface area (Å²) in [5.74, 6) is 0.910. The van der Waals surface area contributed by atoms with Crippen molar-refractivity contribution < 1.29 is 19.5 Å². The van der Waals surface area contributed by atoms with Crippen LogP contribution in [0.1, 0.15) is 56.9 Å². The number of aromatic nitrogens is 1. The molecule has 1 heterocycles. The maximum Gasteiger partial charge on any atom is 0.326 e. The maximum atomic E-state index is 12.5. The summed E-state index contributed by atoms with van der Waals surface area (Å²) in [5, 5.41) is 19.3. The summed E-state index contributed by atoms with van der Waals surface area (Å²) >= 11 is 0. The summed E-state index contributed by atoms with van der Waals surface area (Å²) in [6, 6.07) is 6.53. The molecule has 1 atom stereocenters. The second kappa shape index (κ2) is 9.31. The molecule has 0 saturated heterocycles. The molecule has 182 valence electrons. The molecule has 4 fully saturated rings. The van der Waals surface area contributed by atoms with Crippen molar-refractivity contribution in [3.8, 4) is 0 Å². The predicted octanol–water partition coefficient (Wildman–Crippen LogP) is 3.33. The van der Waals surface area contributed by atoms with Gasteiger partial charge in [-0.25, -0.2) is 9.59 Å². The van der Waals surface area contributed by atoms with Gasteiger partial charge in [-0.1, -0.05) is 18.2 Å². The largest absolute Gasteiger partial charge is 0.480 e. The molecule has 1 aromatic carbocycles. The number of amides is 3. The molecular weight excluding hydrogens is 432 g/mol. The molecule has 4 aliphatic carbocycles. The Labute approximate surface area is 199 Å². The number of aliphatic carboxylic acids is 1. The number of hydrogen-bond acceptors (Lipinski definition) is 3. The van der Waals surface area contributed by atoms with E-state index < -0.39 is 12.0 Å². The SMILES string of the molecule is O=C(CCCNC(=O)NC12CC3CC(CC(C3)C1)C2)N[C@@H](Cc1c[nH]c2ccccc12)C(=O)O. The Morgan fingerprint density at radius 2 is 1.74 bits per heavy atom. The Morgan fingerprint density at radius 3 is 2.41 bits per heavy atom. The summed E-state index contributed by atoms with van der Waals surface area (Å²) in [6.07, 6.45) is 9.90. The number of carboxylic acid groups (broad SMARTS) is 1. The highest BCUT2D eigenvalue weighted by molar-refractivity contribution is 5.86. The summed E-state index contributed by atoms with van der Waals surface area (Å²) in [4.78, 5) is 39.8. The van der Waals surface area contributed by atoms with Gasteiger partial charge in [-0.3, -0.25) is 4.79 Å². The smallest absolute Gasteiger partial charge is 0.326 e. The zero-order chi connectivity index (χ0) is 23.7. The Hall–Kier alpha value is -3.03. The van der Waals surface area contributed by atoms with E-state index in [2.05, 4.69) is 20.9 Å². The van der Waals surface area contributed by atoms with Crippen molar-refractivity contribution in [2.24, 2.45) is 17.8 Å². The van der Waals surface area contributed by atoms with Gasteiger partial charge in [0.1, 0.15) is 6.04 Å². The van der Waals surface area contributed by atoms with Crippen molar-refractivity contribution in [3.63, 3.8) is 0 Å². The Kier molecular flexibility index (Phi) is 6.23. The number of urea groups is 1. The van der Waals surface area contributed by atoms with E-state index in [1.54, 1.807) is 6.20 Å². The molecule has 0 aliphatic heterocycles. The number of H-pyrrole nitrogens is 1. The van der Waals surface area contributed by atoms with Crippen LogP contribution in [0.25, 0.3) is 10.9 Å². The van der Waals surface area contributed by atoms with Crippen molar-refractivity contribution in [3.05, 3.63) is 36.0 Å². The quantitative estimate of drug-likeness (QED) is 0.364. The lowest BCUT2D eigenvalue weighted by Crippen LogP contribution is -2.61. The number of carbonyl (C=O) groups excluding carboxylic acids is 2. The standard InChI is InChI=1S/C26H34N4O4/c31-23(29-22(24(32)33)11-19-15-28-21-5-2-1-4-20(19)21)6-3-7-27-25(34)30-26-12-16-8-17(13-26)10-18(9-16)14-26/h1-2,4-5,15-18,22,28H,3,6-14H2,(H,29,31)(H,32,33)(H2,27,30,34)/t16?,17?,18?,22-,26?/m0/s1. The number of nitrogens with one attached hydrogen (secondary N) is 4. The topological polar surface area (TPSA) is 123 Å². The average molecular weight is 467 g/mol. The fourth-order valence-electron chi connectivity index (χ4n) is 6.99. The van der Waals surface area contributed by atoms with Crippen LogP contribution in [0.4, 0.5) is 4.79 Å². The first-order valence-corrected chi connectivity index (χ1v) is 12.5. The van der Waals surface area contributed by atoms with Gasteiger partial charge in [0.25, 0.3) is 0 Å². The van der Waals surface area contributed by atoms with Crippen LogP contribution in [0.2, 0.25) is 0 Å². The Balaban J connectivity index is 1.05. The summed E-state index contributed by atoms with van der Waals surface area (Å²) in [6.45, 7) is 0.381. The molecule has 0 radical (unpaired) electrons. The summed E-state index contributed by atoms with van der Waals surface area (Å²) < 4.78 is 0. The lowest BCUT2D eigenvalue weighted by Gasteiger charge is -2.56. The molecule has 4 aliphatic rings. The summed E-state index contributed by atoms with van der Waals surface area (Å²) in [7, 11) is 0. The lowest BCUT2D eigenvalue weighted by molar-refractivity contribution is -0.141. The van der Waals surface area contributed by atoms with Gasteiger partial charge in [-0.15, -0.1) is 0 Å². The van der Waals surface area contributed by atoms with E-state index in [-0.39, 0.29) is 30.3 Å². The van der Waals surface area contributed by atoms with Crippen LogP contribution >= 0.6 is 0 Å². The van der Waals surface area contributed by atoms with Crippen LogP contribution in [-0.2, 0) is 16.0 Å². The number of benzene rings is 1. The molecule has 3 amide bonds. The van der Waals surface area contributed by atoms with Crippen molar-refractivity contribution in [1.82, 2.24) is 20.9 Å². The molecule has 8 nitrogen and oxygen atoms in total. The van der Waals surface area contributed by atoms with E-state index in [0.717, 1.165) is 53.5 Å². The van der Waals surface area contributed by atoms with E-state index in [0.29, 0.717) is 13.0 Å². The molecule has 1 aromatic heterocycles. The monoisotopic (exact) mass is 466 g/mol. The second-order valence-electron chi connectivity index (χ2n) is 10.7. The fraction of sp³-hybridized carbons (Fsp3) is 0.577. The molecule has 5 N–H and O–H groups in total. The number of hydrogen-bond donors (Lipinski definition) is 5. The molecule has 6 rings (SSSR count). The molecule has 4 bridgehead atoms. The zero-order valence-electron chi connectivity index (χ0n) is 19.4. The van der Waals surface area contributed by atoms with Crippen molar-refractivity contribution in [1.29, 1.82) is 0 Å². The van der Waals surface area contributed by atoms with Gasteiger partial charge in [0.05, 0.1) is 0 Å². The molecule has 0 unspecified atom stereocenters. The molecule has 4 saturated carbocycles. The molecule has 34 heavy (non-hydrogen) atoms. The van der Waals surface area contributed by atoms with Gasteiger partial charge in [0, 0.05) is 42.0 Å². The highest BCUT2D eigenvalue weighted by Gasteiger charge is 2.51. The third-order valence-electron chi connectivity index (χ3n) is 8.02. The van der Waals surface area contributed by atoms with E-state index >= 15 is 0 Å². The van der Waals surface area contributed by atoms with Crippen molar-refractivity contribution >= 4 is 28.8 Å². The molecule has 0 spiro atoms. The lowest BCUT2D eigenvalue weighted by atomic mass is 9.53. The minimum atomic E-state index is -1.06. The van der Waals surface area contributed by atoms with Crippen LogP contribution in [0.5, 0.6) is 0 Å². The minimum Gasteiger partial charge on any atom is -0.480 e. The zero-order valence-corrected chi connectivity index (χ0v) is 19.4. The number of aromatic amines is 1. The number of carboxylic acids is 1. The highest BCUT2D eigenvalue weighted by atomic mass is 16.4. The molecule has 8 heteroatoms. The third-order valence-corrected chi connectivity index (χ3v) is 8.02. The Morgan fingerprint density at radius 1 is 1.06 bits per heavy atom. The number of rotatable bonds is 9. The number of carbonyl (C=O) groups is 3.